The quantitative estimate of drug-likeness (QED) is 0.363. The van der Waals surface area contributed by atoms with Crippen LogP contribution in [-0.2, 0) is 0 Å². The zero-order valence-corrected chi connectivity index (χ0v) is 10.9. The van der Waals surface area contributed by atoms with Crippen LogP contribution in [0.2, 0.25) is 0 Å². The molecule has 0 heterocycles. The average molecular weight is 234 g/mol. The molecule has 4 nitrogen and oxygen atoms in total. The molecular weight excluding hydrogens is 212 g/mol. The van der Waals surface area contributed by atoms with Gasteiger partial charge in [-0.05, 0) is 32.4 Å². The minimum Gasteiger partial charge on any atom is -0.339 e. The molecule has 1 aromatic carbocycles. The van der Waals surface area contributed by atoms with Crippen molar-refractivity contribution in [2.75, 3.05) is 6.54 Å². The van der Waals surface area contributed by atoms with E-state index in [1.54, 1.807) is 0 Å². The molecule has 3 N–H and O–H groups in total. The monoisotopic (exact) mass is 234 g/mol. The van der Waals surface area contributed by atoms with E-state index in [1.807, 2.05) is 30.3 Å². The van der Waals surface area contributed by atoms with Crippen LogP contribution in [0, 0.1) is 0 Å². The van der Waals surface area contributed by atoms with Crippen molar-refractivity contribution in [2.45, 2.75) is 33.2 Å². The zero-order chi connectivity index (χ0) is 12.7. The lowest BCUT2D eigenvalue weighted by Gasteiger charge is -2.29. The van der Waals surface area contributed by atoms with E-state index in [2.05, 4.69) is 36.1 Å². The van der Waals surface area contributed by atoms with Crippen molar-refractivity contribution >= 4 is 11.6 Å². The summed E-state index contributed by atoms with van der Waals surface area (Å²) >= 11 is 0. The molecule has 0 aliphatic rings. The second-order valence-electron chi connectivity index (χ2n) is 3.96. The van der Waals surface area contributed by atoms with Crippen molar-refractivity contribution in [3.8, 4) is 0 Å². The van der Waals surface area contributed by atoms with Crippen LogP contribution in [0.25, 0.3) is 0 Å². The standard InChI is InChI=1S/C13H22N4/c1-4-11(3)17(5-2)13(16-14)15-12-9-7-6-8-10-12/h6-11H,4-5,14H2,1-3H3,(H,15,16). The first-order valence-electron chi connectivity index (χ1n) is 6.09. The Balaban J connectivity index is 2.93. The molecule has 0 aliphatic carbocycles. The highest BCUT2D eigenvalue weighted by molar-refractivity contribution is 5.82. The molecule has 0 saturated heterocycles. The minimum absolute atomic E-state index is 0.415. The molecule has 1 atom stereocenters. The molecule has 1 aromatic rings. The van der Waals surface area contributed by atoms with Crippen molar-refractivity contribution < 1.29 is 0 Å². The Morgan fingerprint density at radius 2 is 2.00 bits per heavy atom. The molecule has 1 unspecified atom stereocenters. The Morgan fingerprint density at radius 3 is 2.47 bits per heavy atom. The minimum atomic E-state index is 0.415. The second-order valence-corrected chi connectivity index (χ2v) is 3.96. The molecule has 0 amide bonds. The fraction of sp³-hybridized carbons (Fsp3) is 0.462. The predicted octanol–water partition coefficient (Wildman–Crippen LogP) is 2.26. The molecule has 0 bridgehead atoms. The van der Waals surface area contributed by atoms with Crippen LogP contribution < -0.4 is 11.3 Å². The molecule has 94 valence electrons. The maximum Gasteiger partial charge on any atom is 0.213 e. The number of rotatable bonds is 4. The first-order valence-corrected chi connectivity index (χ1v) is 6.09. The molecular formula is C13H22N4. The third-order valence-corrected chi connectivity index (χ3v) is 2.86. The van der Waals surface area contributed by atoms with Gasteiger partial charge >= 0.3 is 0 Å². The molecule has 0 fully saturated rings. The predicted molar refractivity (Wildman–Crippen MR) is 73.0 cm³/mol. The summed E-state index contributed by atoms with van der Waals surface area (Å²) in [5.74, 6) is 6.28. The van der Waals surface area contributed by atoms with Crippen molar-refractivity contribution in [3.05, 3.63) is 30.3 Å². The lowest BCUT2D eigenvalue weighted by molar-refractivity contribution is 0.326. The Labute approximate surface area is 104 Å². The van der Waals surface area contributed by atoms with Crippen LogP contribution in [0.15, 0.2) is 35.3 Å². The van der Waals surface area contributed by atoms with E-state index in [1.165, 1.54) is 0 Å². The Hall–Kier alpha value is -1.55. The van der Waals surface area contributed by atoms with Gasteiger partial charge in [-0.1, -0.05) is 25.1 Å². The molecule has 0 spiro atoms. The number of nitrogens with two attached hydrogens (primary N) is 1. The number of nitrogens with zero attached hydrogens (tertiary/aromatic N) is 2. The van der Waals surface area contributed by atoms with Crippen molar-refractivity contribution in [1.82, 2.24) is 10.3 Å². The average Bonchev–Trinajstić information content (AvgIpc) is 2.39. The van der Waals surface area contributed by atoms with Gasteiger partial charge in [-0.25, -0.2) is 10.8 Å². The molecule has 17 heavy (non-hydrogen) atoms. The second kappa shape index (κ2) is 6.91. The molecule has 0 aliphatic heterocycles. The van der Waals surface area contributed by atoms with E-state index in [9.17, 15) is 0 Å². The number of hydrazine groups is 1. The van der Waals surface area contributed by atoms with Crippen molar-refractivity contribution in [2.24, 2.45) is 10.8 Å². The van der Waals surface area contributed by atoms with Crippen LogP contribution in [0.1, 0.15) is 27.2 Å². The molecule has 4 heteroatoms. The van der Waals surface area contributed by atoms with Gasteiger partial charge in [-0.3, -0.25) is 5.43 Å². The van der Waals surface area contributed by atoms with E-state index in [0.29, 0.717) is 12.0 Å². The summed E-state index contributed by atoms with van der Waals surface area (Å²) in [7, 11) is 0. The summed E-state index contributed by atoms with van der Waals surface area (Å²) in [4.78, 5) is 6.68. The number of nitrogens with one attached hydrogen (secondary N) is 1. The fourth-order valence-electron chi connectivity index (χ4n) is 1.69. The van der Waals surface area contributed by atoms with Crippen LogP contribution in [0.4, 0.5) is 5.69 Å². The van der Waals surface area contributed by atoms with Gasteiger partial charge in [-0.2, -0.15) is 0 Å². The maximum atomic E-state index is 5.57. The summed E-state index contributed by atoms with van der Waals surface area (Å²) in [5.41, 5.74) is 3.60. The highest BCUT2D eigenvalue weighted by atomic mass is 15.4. The first kappa shape index (κ1) is 13.5. The van der Waals surface area contributed by atoms with E-state index in [0.717, 1.165) is 18.7 Å². The van der Waals surface area contributed by atoms with Gasteiger partial charge in [0.05, 0.1) is 5.69 Å². The summed E-state index contributed by atoms with van der Waals surface area (Å²) in [6.07, 6.45) is 1.06. The lowest BCUT2D eigenvalue weighted by Crippen LogP contribution is -2.48. The normalized spacial score (nSPS) is 13.3. The summed E-state index contributed by atoms with van der Waals surface area (Å²) in [6, 6.07) is 10.2. The maximum absolute atomic E-state index is 5.57. The summed E-state index contributed by atoms with van der Waals surface area (Å²) in [6.45, 7) is 7.31. The van der Waals surface area contributed by atoms with Crippen LogP contribution in [0.3, 0.4) is 0 Å². The van der Waals surface area contributed by atoms with Crippen molar-refractivity contribution in [1.29, 1.82) is 0 Å². The smallest absolute Gasteiger partial charge is 0.213 e. The number of para-hydroxylation sites is 1. The van der Waals surface area contributed by atoms with Crippen molar-refractivity contribution in [3.63, 3.8) is 0 Å². The van der Waals surface area contributed by atoms with Gasteiger partial charge in [0.2, 0.25) is 5.96 Å². The Morgan fingerprint density at radius 1 is 1.35 bits per heavy atom. The highest BCUT2D eigenvalue weighted by Crippen LogP contribution is 2.12. The third-order valence-electron chi connectivity index (χ3n) is 2.86. The number of benzene rings is 1. The van der Waals surface area contributed by atoms with Gasteiger partial charge in [0.25, 0.3) is 0 Å². The number of guanidine groups is 1. The number of aliphatic imine (C=N–C) groups is 1. The van der Waals surface area contributed by atoms with Crippen LogP contribution in [-0.4, -0.2) is 23.4 Å². The molecule has 0 saturated carbocycles. The number of hydrogen-bond donors (Lipinski definition) is 2. The van der Waals surface area contributed by atoms with E-state index in [-0.39, 0.29) is 0 Å². The highest BCUT2D eigenvalue weighted by Gasteiger charge is 2.14. The fourth-order valence-corrected chi connectivity index (χ4v) is 1.69. The summed E-state index contributed by atoms with van der Waals surface area (Å²) < 4.78 is 0. The molecule has 0 radical (unpaired) electrons. The van der Waals surface area contributed by atoms with Gasteiger partial charge in [0, 0.05) is 12.6 Å². The Bertz CT molecular complexity index is 348. The first-order chi connectivity index (χ1) is 8.22. The third kappa shape index (κ3) is 3.75. The van der Waals surface area contributed by atoms with Gasteiger partial charge in [0.15, 0.2) is 0 Å². The van der Waals surface area contributed by atoms with Crippen LogP contribution in [0.5, 0.6) is 0 Å². The largest absolute Gasteiger partial charge is 0.339 e. The lowest BCUT2D eigenvalue weighted by atomic mass is 10.2. The van der Waals surface area contributed by atoms with E-state index in [4.69, 9.17) is 5.84 Å². The van der Waals surface area contributed by atoms with Crippen LogP contribution >= 0.6 is 0 Å². The van der Waals surface area contributed by atoms with Gasteiger partial charge in [-0.15, -0.1) is 0 Å². The molecule has 1 rings (SSSR count). The van der Waals surface area contributed by atoms with E-state index < -0.39 is 0 Å². The van der Waals surface area contributed by atoms with E-state index >= 15 is 0 Å². The molecule has 0 aromatic heterocycles. The topological polar surface area (TPSA) is 53.6 Å². The zero-order valence-electron chi connectivity index (χ0n) is 10.9. The summed E-state index contributed by atoms with van der Waals surface area (Å²) in [5, 5.41) is 0. The van der Waals surface area contributed by atoms with Gasteiger partial charge < -0.3 is 4.90 Å². The SMILES string of the molecule is CCC(C)N(CC)C(=Nc1ccccc1)NN. The van der Waals surface area contributed by atoms with Gasteiger partial charge in [0.1, 0.15) is 0 Å². The Kier molecular flexibility index (Phi) is 5.49. The number of hydrogen-bond acceptors (Lipinski definition) is 2.